The Bertz CT molecular complexity index is 1020. The zero-order chi connectivity index (χ0) is 27.6. The molecule has 1 atom stereocenters. The van der Waals surface area contributed by atoms with E-state index in [9.17, 15) is 22.8 Å². The van der Waals surface area contributed by atoms with Gasteiger partial charge in [-0.05, 0) is 63.9 Å². The summed E-state index contributed by atoms with van der Waals surface area (Å²) >= 11 is 0. The first-order valence-corrected chi connectivity index (χ1v) is 12.2. The molecule has 1 aromatic heterocycles. The highest BCUT2D eigenvalue weighted by Gasteiger charge is 2.31. The molecular weight excluding hydrogens is 491 g/mol. The van der Waals surface area contributed by atoms with Crippen molar-refractivity contribution < 1.29 is 32.6 Å². The molecule has 0 radical (unpaired) electrons. The summed E-state index contributed by atoms with van der Waals surface area (Å²) in [6, 6.07) is 3.98. The van der Waals surface area contributed by atoms with E-state index in [1.54, 1.807) is 6.92 Å². The third-order valence-electron chi connectivity index (χ3n) is 5.82. The topological polar surface area (TPSA) is 123 Å². The number of carbonyl (C=O) groups excluding carboxylic acids is 1. The number of alkyl halides is 3. The predicted octanol–water partition coefficient (Wildman–Crippen LogP) is 3.79. The van der Waals surface area contributed by atoms with Crippen LogP contribution < -0.4 is 15.8 Å². The molecule has 206 valence electrons. The van der Waals surface area contributed by atoms with Gasteiger partial charge >= 0.3 is 12.3 Å². The van der Waals surface area contributed by atoms with Crippen LogP contribution in [0.3, 0.4) is 0 Å². The molecule has 37 heavy (non-hydrogen) atoms. The number of aromatic nitrogens is 2. The standard InChI is InChI=1S/C14H16F3NO4.C11H20N4/c1-2-4-11(13(20)21)18-12(19)8-9-5-3-6-10(7-9)22-14(15,16)17;1-11(2,8-14-5-3-4-6-14)15-7-10(12)13-9-15/h3,5-7,11H,2,4,8H2,1H3,(H,18,19)(H,20,21);7,9H,3-6,8,12H2,1-2H3. The average Bonchev–Trinajstić information content (AvgIpc) is 3.44. The van der Waals surface area contributed by atoms with Crippen LogP contribution in [0.2, 0.25) is 0 Å². The van der Waals surface area contributed by atoms with Gasteiger partial charge in [0.2, 0.25) is 5.91 Å². The third kappa shape index (κ3) is 10.7. The number of halogens is 3. The fraction of sp³-hybridized carbons (Fsp3) is 0.560. The Hall–Kier alpha value is -3.28. The minimum Gasteiger partial charge on any atom is -0.480 e. The van der Waals surface area contributed by atoms with Gasteiger partial charge in [-0.15, -0.1) is 13.2 Å². The van der Waals surface area contributed by atoms with Crippen LogP contribution in [0.25, 0.3) is 0 Å². The minimum atomic E-state index is -4.81. The lowest BCUT2D eigenvalue weighted by Crippen LogP contribution is -2.41. The van der Waals surface area contributed by atoms with Crippen molar-refractivity contribution in [1.29, 1.82) is 0 Å². The van der Waals surface area contributed by atoms with Gasteiger partial charge in [0.05, 0.1) is 18.3 Å². The number of nitrogens with one attached hydrogen (secondary N) is 1. The summed E-state index contributed by atoms with van der Waals surface area (Å²) in [5, 5.41) is 11.3. The number of rotatable bonds is 10. The molecule has 1 aliphatic rings. The highest BCUT2D eigenvalue weighted by Crippen LogP contribution is 2.23. The zero-order valence-corrected chi connectivity index (χ0v) is 21.4. The molecule has 0 bridgehead atoms. The summed E-state index contributed by atoms with van der Waals surface area (Å²) in [5.41, 5.74) is 6.01. The van der Waals surface area contributed by atoms with Crippen molar-refractivity contribution in [2.24, 2.45) is 0 Å². The van der Waals surface area contributed by atoms with Crippen LogP contribution >= 0.6 is 0 Å². The van der Waals surface area contributed by atoms with Crippen LogP contribution in [-0.2, 0) is 21.5 Å². The summed E-state index contributed by atoms with van der Waals surface area (Å²) in [6.07, 6.45) is 2.22. The molecule has 2 heterocycles. The first kappa shape index (κ1) is 29.9. The number of amides is 1. The lowest BCUT2D eigenvalue weighted by atomic mass is 10.1. The second kappa shape index (κ2) is 13.3. The maximum atomic E-state index is 12.1. The number of carboxylic acid groups (broad SMARTS) is 1. The smallest absolute Gasteiger partial charge is 0.480 e. The maximum absolute atomic E-state index is 12.1. The summed E-state index contributed by atoms with van der Waals surface area (Å²) in [4.78, 5) is 29.3. The highest BCUT2D eigenvalue weighted by molar-refractivity contribution is 5.84. The van der Waals surface area contributed by atoms with E-state index in [4.69, 9.17) is 10.8 Å². The monoisotopic (exact) mass is 527 g/mol. The normalized spacial score (nSPS) is 15.0. The van der Waals surface area contributed by atoms with Gasteiger partial charge in [0.1, 0.15) is 17.6 Å². The second-order valence-electron chi connectivity index (χ2n) is 9.62. The van der Waals surface area contributed by atoms with Crippen molar-refractivity contribution in [1.82, 2.24) is 19.8 Å². The van der Waals surface area contributed by atoms with Crippen molar-refractivity contribution in [3.8, 4) is 5.75 Å². The molecule has 1 saturated heterocycles. The molecular formula is C25H36F3N5O4. The van der Waals surface area contributed by atoms with E-state index in [0.29, 0.717) is 17.8 Å². The SMILES string of the molecule is CC(C)(CN1CCCC1)n1cnc(N)c1.CCCC(NC(=O)Cc1cccc(OC(F)(F)F)c1)C(=O)O. The van der Waals surface area contributed by atoms with Gasteiger partial charge in [0.15, 0.2) is 0 Å². The van der Waals surface area contributed by atoms with Crippen LogP contribution in [0, 0.1) is 0 Å². The van der Waals surface area contributed by atoms with Crippen LogP contribution in [0.4, 0.5) is 19.0 Å². The summed E-state index contributed by atoms with van der Waals surface area (Å²) in [6.45, 7) is 9.77. The van der Waals surface area contributed by atoms with Crippen LogP contribution in [0.5, 0.6) is 5.75 Å². The number of nitrogens with zero attached hydrogens (tertiary/aromatic N) is 3. The fourth-order valence-corrected chi connectivity index (χ4v) is 4.07. The van der Waals surface area contributed by atoms with E-state index in [1.807, 2.05) is 12.5 Å². The number of benzene rings is 1. The average molecular weight is 528 g/mol. The Kier molecular flexibility index (Phi) is 10.8. The molecule has 0 saturated carbocycles. The lowest BCUT2D eigenvalue weighted by molar-refractivity contribution is -0.274. The number of carbonyl (C=O) groups is 2. The number of nitrogen functional groups attached to an aromatic ring is 1. The molecule has 3 rings (SSSR count). The Balaban J connectivity index is 0.000000278. The van der Waals surface area contributed by atoms with E-state index in [2.05, 4.69) is 38.4 Å². The van der Waals surface area contributed by atoms with E-state index in [1.165, 1.54) is 38.1 Å². The molecule has 9 nitrogen and oxygen atoms in total. The number of likely N-dealkylation sites (tertiary alicyclic amines) is 1. The molecule has 12 heteroatoms. The Labute approximate surface area is 214 Å². The first-order chi connectivity index (χ1) is 17.3. The maximum Gasteiger partial charge on any atom is 0.573 e. The zero-order valence-electron chi connectivity index (χ0n) is 21.4. The van der Waals surface area contributed by atoms with Gasteiger partial charge in [-0.2, -0.15) is 0 Å². The van der Waals surface area contributed by atoms with Crippen LogP contribution in [-0.4, -0.2) is 63.5 Å². The number of aliphatic carboxylic acids is 1. The van der Waals surface area contributed by atoms with Gasteiger partial charge in [-0.1, -0.05) is 25.5 Å². The minimum absolute atomic E-state index is 0.0783. The quantitative estimate of drug-likeness (QED) is 0.430. The van der Waals surface area contributed by atoms with Crippen molar-refractivity contribution in [2.45, 2.75) is 70.8 Å². The molecule has 1 fully saturated rings. The van der Waals surface area contributed by atoms with E-state index < -0.39 is 30.0 Å². The molecule has 4 N–H and O–H groups in total. The van der Waals surface area contributed by atoms with Gasteiger partial charge in [-0.3, -0.25) is 4.79 Å². The van der Waals surface area contributed by atoms with E-state index in [-0.39, 0.29) is 18.4 Å². The number of hydrogen-bond acceptors (Lipinski definition) is 6. The van der Waals surface area contributed by atoms with Gasteiger partial charge < -0.3 is 30.4 Å². The first-order valence-electron chi connectivity index (χ1n) is 12.2. The number of hydrogen-bond donors (Lipinski definition) is 3. The van der Waals surface area contributed by atoms with Crippen LogP contribution in [0.15, 0.2) is 36.8 Å². The summed E-state index contributed by atoms with van der Waals surface area (Å²) < 4.78 is 42.2. The molecule has 1 amide bonds. The third-order valence-corrected chi connectivity index (χ3v) is 5.82. The van der Waals surface area contributed by atoms with Crippen molar-refractivity contribution in [3.05, 3.63) is 42.4 Å². The van der Waals surface area contributed by atoms with Gasteiger partial charge in [-0.25, -0.2) is 9.78 Å². The summed E-state index contributed by atoms with van der Waals surface area (Å²) in [5.74, 6) is -1.56. The Morgan fingerprint density at radius 3 is 2.46 bits per heavy atom. The molecule has 1 unspecified atom stereocenters. The molecule has 0 spiro atoms. The number of carboxylic acids is 1. The second-order valence-corrected chi connectivity index (χ2v) is 9.62. The number of imidazole rings is 1. The van der Waals surface area contributed by atoms with Crippen molar-refractivity contribution in [3.63, 3.8) is 0 Å². The Morgan fingerprint density at radius 1 is 1.24 bits per heavy atom. The molecule has 0 aliphatic carbocycles. The Morgan fingerprint density at radius 2 is 1.92 bits per heavy atom. The van der Waals surface area contributed by atoms with Gasteiger partial charge in [0, 0.05) is 12.7 Å². The van der Waals surface area contributed by atoms with E-state index >= 15 is 0 Å². The van der Waals surface area contributed by atoms with Gasteiger partial charge in [0.25, 0.3) is 0 Å². The molecule has 1 aromatic carbocycles. The highest BCUT2D eigenvalue weighted by atomic mass is 19.4. The van der Waals surface area contributed by atoms with Crippen molar-refractivity contribution >= 4 is 17.7 Å². The number of anilines is 1. The number of ether oxygens (including phenoxy) is 1. The number of nitrogens with two attached hydrogens (primary N) is 1. The lowest BCUT2D eigenvalue weighted by Gasteiger charge is -2.31. The fourth-order valence-electron chi connectivity index (χ4n) is 4.07. The van der Waals surface area contributed by atoms with Crippen molar-refractivity contribution in [2.75, 3.05) is 25.4 Å². The van der Waals surface area contributed by atoms with Crippen LogP contribution in [0.1, 0.15) is 52.0 Å². The predicted molar refractivity (Wildman–Crippen MR) is 133 cm³/mol. The molecule has 2 aromatic rings. The molecule has 1 aliphatic heterocycles. The summed E-state index contributed by atoms with van der Waals surface area (Å²) in [7, 11) is 0. The van der Waals surface area contributed by atoms with E-state index in [0.717, 1.165) is 18.7 Å². The largest absolute Gasteiger partial charge is 0.573 e.